The van der Waals surface area contributed by atoms with Gasteiger partial charge in [-0.3, -0.25) is 19.8 Å². The van der Waals surface area contributed by atoms with E-state index < -0.39 is 0 Å². The van der Waals surface area contributed by atoms with E-state index in [1.165, 1.54) is 0 Å². The number of halogens is 1. The molecule has 0 unspecified atom stereocenters. The molecule has 1 aliphatic rings. The summed E-state index contributed by atoms with van der Waals surface area (Å²) in [7, 11) is 0. The number of nitrogens with zero attached hydrogens (tertiary/aromatic N) is 1. The number of hydrogen-bond donors (Lipinski definition) is 2. The van der Waals surface area contributed by atoms with Crippen LogP contribution in [0.4, 0.5) is 0 Å². The molecule has 1 fully saturated rings. The molecule has 0 radical (unpaired) electrons. The van der Waals surface area contributed by atoms with E-state index in [1.807, 2.05) is 6.07 Å². The number of benzene rings is 1. The fourth-order valence-corrected chi connectivity index (χ4v) is 2.61. The van der Waals surface area contributed by atoms with Crippen LogP contribution in [0.5, 0.6) is 0 Å². The van der Waals surface area contributed by atoms with E-state index >= 15 is 0 Å². The summed E-state index contributed by atoms with van der Waals surface area (Å²) in [6.07, 6.45) is 1.02. The highest BCUT2D eigenvalue weighted by Crippen LogP contribution is 2.15. The van der Waals surface area contributed by atoms with Gasteiger partial charge in [-0.05, 0) is 47.6 Å². The van der Waals surface area contributed by atoms with Crippen LogP contribution in [0.25, 0.3) is 0 Å². The van der Waals surface area contributed by atoms with E-state index in [4.69, 9.17) is 0 Å². The monoisotopic (exact) mass is 339 g/mol. The number of rotatable bonds is 3. The Morgan fingerprint density at radius 3 is 2.85 bits per heavy atom. The number of hydrogen-bond acceptors (Lipinski definition) is 4. The van der Waals surface area contributed by atoms with E-state index in [9.17, 15) is 9.59 Å². The molecule has 1 heterocycles. The van der Waals surface area contributed by atoms with Crippen LogP contribution in [0, 0.1) is 0 Å². The summed E-state index contributed by atoms with van der Waals surface area (Å²) >= 11 is 3.30. The lowest BCUT2D eigenvalue weighted by atomic mass is 10.2. The molecule has 0 aliphatic carbocycles. The molecule has 0 bridgehead atoms. The van der Waals surface area contributed by atoms with Crippen LogP contribution in [0.3, 0.4) is 0 Å². The standard InChI is InChI=1S/C14H18BrN3O2/c15-12-5-2-1-4-11(12)14(20)17-13(19)10-18-8-3-6-16-7-9-18/h1-2,4-5,16H,3,6-10H2,(H,17,19,20). The third kappa shape index (κ3) is 4.40. The quantitative estimate of drug-likeness (QED) is 0.862. The molecule has 1 saturated heterocycles. The van der Waals surface area contributed by atoms with Crippen molar-refractivity contribution in [2.45, 2.75) is 6.42 Å². The van der Waals surface area contributed by atoms with Crippen LogP contribution in [0.15, 0.2) is 28.7 Å². The topological polar surface area (TPSA) is 61.4 Å². The van der Waals surface area contributed by atoms with Crippen molar-refractivity contribution in [2.75, 3.05) is 32.7 Å². The molecule has 1 aromatic carbocycles. The second kappa shape index (κ2) is 7.52. The molecule has 20 heavy (non-hydrogen) atoms. The lowest BCUT2D eigenvalue weighted by Crippen LogP contribution is -2.41. The molecule has 0 saturated carbocycles. The normalized spacial score (nSPS) is 16.4. The van der Waals surface area contributed by atoms with Gasteiger partial charge in [0.25, 0.3) is 5.91 Å². The van der Waals surface area contributed by atoms with E-state index in [2.05, 4.69) is 31.5 Å². The largest absolute Gasteiger partial charge is 0.315 e. The molecule has 6 heteroatoms. The third-order valence-corrected chi connectivity index (χ3v) is 3.86. The lowest BCUT2D eigenvalue weighted by Gasteiger charge is -2.18. The molecule has 2 N–H and O–H groups in total. The first kappa shape index (κ1) is 15.2. The highest BCUT2D eigenvalue weighted by Gasteiger charge is 2.16. The van der Waals surface area contributed by atoms with Crippen LogP contribution in [-0.2, 0) is 4.79 Å². The SMILES string of the molecule is O=C(CN1CCCNCC1)NC(=O)c1ccccc1Br. The van der Waals surface area contributed by atoms with Crippen molar-refractivity contribution in [3.05, 3.63) is 34.3 Å². The van der Waals surface area contributed by atoms with Crippen molar-refractivity contribution in [1.82, 2.24) is 15.5 Å². The second-order valence-electron chi connectivity index (χ2n) is 4.74. The van der Waals surface area contributed by atoms with Gasteiger partial charge in [-0.2, -0.15) is 0 Å². The molecule has 108 valence electrons. The van der Waals surface area contributed by atoms with Crippen molar-refractivity contribution >= 4 is 27.7 Å². The minimum absolute atomic E-state index is 0.257. The zero-order valence-electron chi connectivity index (χ0n) is 11.2. The molecular weight excluding hydrogens is 322 g/mol. The molecule has 0 spiro atoms. The first-order chi connectivity index (χ1) is 9.66. The second-order valence-corrected chi connectivity index (χ2v) is 5.59. The summed E-state index contributed by atoms with van der Waals surface area (Å²) in [6.45, 7) is 3.83. The average molecular weight is 340 g/mol. The molecular formula is C14H18BrN3O2. The van der Waals surface area contributed by atoms with Gasteiger partial charge in [0.2, 0.25) is 5.91 Å². The summed E-state index contributed by atoms with van der Waals surface area (Å²) in [4.78, 5) is 26.0. The van der Waals surface area contributed by atoms with Crippen molar-refractivity contribution in [1.29, 1.82) is 0 Å². The minimum atomic E-state index is -0.365. The molecule has 2 amide bonds. The van der Waals surface area contributed by atoms with Crippen LogP contribution in [-0.4, -0.2) is 49.4 Å². The minimum Gasteiger partial charge on any atom is -0.315 e. The Morgan fingerprint density at radius 1 is 1.25 bits per heavy atom. The number of imide groups is 1. The van der Waals surface area contributed by atoms with Gasteiger partial charge in [-0.25, -0.2) is 0 Å². The smallest absolute Gasteiger partial charge is 0.259 e. The molecule has 0 atom stereocenters. The van der Waals surface area contributed by atoms with E-state index in [0.29, 0.717) is 10.0 Å². The van der Waals surface area contributed by atoms with E-state index in [0.717, 1.165) is 32.6 Å². The number of carbonyl (C=O) groups is 2. The predicted molar refractivity (Wildman–Crippen MR) is 80.5 cm³/mol. The van der Waals surface area contributed by atoms with Gasteiger partial charge in [0.1, 0.15) is 0 Å². The Morgan fingerprint density at radius 2 is 2.05 bits per heavy atom. The summed E-state index contributed by atoms with van der Waals surface area (Å²) in [5.41, 5.74) is 0.471. The van der Waals surface area contributed by atoms with E-state index in [-0.39, 0.29) is 18.4 Å². The summed E-state index contributed by atoms with van der Waals surface area (Å²) in [5.74, 6) is -0.622. The zero-order valence-corrected chi connectivity index (χ0v) is 12.8. The van der Waals surface area contributed by atoms with Crippen LogP contribution < -0.4 is 10.6 Å². The lowest BCUT2D eigenvalue weighted by molar-refractivity contribution is -0.121. The van der Waals surface area contributed by atoms with Gasteiger partial charge in [-0.15, -0.1) is 0 Å². The fraction of sp³-hybridized carbons (Fsp3) is 0.429. The van der Waals surface area contributed by atoms with Gasteiger partial charge in [-0.1, -0.05) is 12.1 Å². The first-order valence-electron chi connectivity index (χ1n) is 6.68. The molecule has 0 aromatic heterocycles. The van der Waals surface area contributed by atoms with Crippen molar-refractivity contribution in [3.63, 3.8) is 0 Å². The summed E-state index contributed by atoms with van der Waals surface area (Å²) < 4.78 is 0.685. The summed E-state index contributed by atoms with van der Waals surface area (Å²) in [5, 5.41) is 5.71. The van der Waals surface area contributed by atoms with Gasteiger partial charge >= 0.3 is 0 Å². The van der Waals surface area contributed by atoms with Gasteiger partial charge < -0.3 is 5.32 Å². The Labute approximate surface area is 126 Å². The maximum atomic E-state index is 12.0. The molecule has 5 nitrogen and oxygen atoms in total. The van der Waals surface area contributed by atoms with Crippen LogP contribution in [0.2, 0.25) is 0 Å². The van der Waals surface area contributed by atoms with Gasteiger partial charge in [0, 0.05) is 17.6 Å². The molecule has 1 aliphatic heterocycles. The number of nitrogens with one attached hydrogen (secondary N) is 2. The highest BCUT2D eigenvalue weighted by molar-refractivity contribution is 9.10. The average Bonchev–Trinajstić information content (AvgIpc) is 2.67. The Bertz CT molecular complexity index is 485. The van der Waals surface area contributed by atoms with Crippen molar-refractivity contribution in [2.24, 2.45) is 0 Å². The van der Waals surface area contributed by atoms with Crippen molar-refractivity contribution in [3.8, 4) is 0 Å². The van der Waals surface area contributed by atoms with Crippen LogP contribution >= 0.6 is 15.9 Å². The Kier molecular flexibility index (Phi) is 5.70. The zero-order chi connectivity index (χ0) is 14.4. The molecule has 2 rings (SSSR count). The summed E-state index contributed by atoms with van der Waals surface area (Å²) in [6, 6.07) is 7.06. The molecule has 1 aromatic rings. The Balaban J connectivity index is 1.87. The number of carbonyl (C=O) groups excluding carboxylic acids is 2. The maximum Gasteiger partial charge on any atom is 0.259 e. The third-order valence-electron chi connectivity index (χ3n) is 3.17. The highest BCUT2D eigenvalue weighted by atomic mass is 79.9. The number of amides is 2. The first-order valence-corrected chi connectivity index (χ1v) is 7.48. The van der Waals surface area contributed by atoms with Gasteiger partial charge in [0.05, 0.1) is 12.1 Å². The predicted octanol–water partition coefficient (Wildman–Crippen LogP) is 1.00. The van der Waals surface area contributed by atoms with Crippen LogP contribution in [0.1, 0.15) is 16.8 Å². The van der Waals surface area contributed by atoms with Gasteiger partial charge in [0.15, 0.2) is 0 Å². The fourth-order valence-electron chi connectivity index (χ4n) is 2.14. The Hall–Kier alpha value is -1.24. The van der Waals surface area contributed by atoms with E-state index in [1.54, 1.807) is 18.2 Å². The maximum absolute atomic E-state index is 12.0. The van der Waals surface area contributed by atoms with Crippen molar-refractivity contribution < 1.29 is 9.59 Å².